The Morgan fingerprint density at radius 3 is 1.58 bits per heavy atom. The van der Waals surface area contributed by atoms with Crippen LogP contribution < -0.4 is 5.19 Å². The Bertz CT molecular complexity index is 671. The quantitative estimate of drug-likeness (QED) is 0.132. The zero-order valence-electron chi connectivity index (χ0n) is 22.5. The summed E-state index contributed by atoms with van der Waals surface area (Å²) in [5.41, 5.74) is 1.64. The normalized spacial score (nSPS) is 15.4. The van der Waals surface area contributed by atoms with Crippen molar-refractivity contribution in [3.8, 4) is 0 Å². The number of hydrogen-bond donors (Lipinski definition) is 0. The van der Waals surface area contributed by atoms with Crippen LogP contribution in [0.3, 0.4) is 0 Å². The van der Waals surface area contributed by atoms with Gasteiger partial charge in [0.25, 0.3) is 0 Å². The molecule has 1 atom stereocenters. The molecule has 2 rings (SSSR count). The number of benzene rings is 1. The lowest BCUT2D eigenvalue weighted by Crippen LogP contribution is -2.47. The maximum absolute atomic E-state index is 2.63. The third kappa shape index (κ3) is 10.4. The Hall–Kier alpha value is -1.08. The zero-order chi connectivity index (χ0) is 23.6. The van der Waals surface area contributed by atoms with Crippen LogP contribution in [0.4, 0.5) is 0 Å². The molecule has 1 heteroatoms. The van der Waals surface area contributed by atoms with Gasteiger partial charge in [-0.1, -0.05) is 182 Å². The average Bonchev–Trinajstić information content (AvgIpc) is 3.34. The smallest absolute Gasteiger partial charge is 0.0808 e. The molecule has 1 aliphatic rings. The topological polar surface area (TPSA) is 0 Å². The van der Waals surface area contributed by atoms with Crippen molar-refractivity contribution < 1.29 is 0 Å². The fourth-order valence-electron chi connectivity index (χ4n) is 5.74. The van der Waals surface area contributed by atoms with Crippen molar-refractivity contribution in [2.45, 2.75) is 142 Å². The van der Waals surface area contributed by atoms with Crippen molar-refractivity contribution in [1.29, 1.82) is 0 Å². The zero-order valence-corrected chi connectivity index (χ0v) is 23.5. The molecule has 1 aromatic carbocycles. The minimum absolute atomic E-state index is 1.16. The average molecular weight is 467 g/mol. The summed E-state index contributed by atoms with van der Waals surface area (Å²) in [5.74, 6) is 0. The summed E-state index contributed by atoms with van der Waals surface area (Å²) < 4.78 is 0. The van der Waals surface area contributed by atoms with Gasteiger partial charge in [-0.15, -0.1) is 0 Å². The number of hydrogen-bond acceptors (Lipinski definition) is 0. The van der Waals surface area contributed by atoms with Gasteiger partial charge in [-0.3, -0.25) is 0 Å². The summed E-state index contributed by atoms with van der Waals surface area (Å²) in [4.78, 5) is 0. The predicted molar refractivity (Wildman–Crippen MR) is 153 cm³/mol. The first kappa shape index (κ1) is 28.2. The van der Waals surface area contributed by atoms with E-state index >= 15 is 0 Å². The molecule has 0 saturated heterocycles. The van der Waals surface area contributed by atoms with Crippen LogP contribution in [0.1, 0.15) is 129 Å². The lowest BCUT2D eigenvalue weighted by atomic mass is 10.0. The molecule has 0 nitrogen and oxygen atoms in total. The van der Waals surface area contributed by atoms with Gasteiger partial charge in [0, 0.05) is 0 Å². The molecule has 0 N–H and O–H groups in total. The van der Waals surface area contributed by atoms with Gasteiger partial charge in [0.15, 0.2) is 0 Å². The molecule has 0 spiro atoms. The van der Waals surface area contributed by atoms with Crippen LogP contribution in [0.2, 0.25) is 12.6 Å². The summed E-state index contributed by atoms with van der Waals surface area (Å²) in [5, 5.41) is 3.38. The van der Waals surface area contributed by atoms with E-state index in [-0.39, 0.29) is 0 Å². The van der Waals surface area contributed by atoms with Crippen molar-refractivity contribution in [2.75, 3.05) is 0 Å². The molecule has 186 valence electrons. The summed E-state index contributed by atoms with van der Waals surface area (Å²) >= 11 is 0. The van der Waals surface area contributed by atoms with Crippen LogP contribution >= 0.6 is 0 Å². The largest absolute Gasteiger partial charge is 0.115 e. The van der Waals surface area contributed by atoms with E-state index in [0.29, 0.717) is 0 Å². The van der Waals surface area contributed by atoms with Crippen molar-refractivity contribution in [3.05, 3.63) is 53.3 Å². The van der Waals surface area contributed by atoms with Crippen molar-refractivity contribution in [1.82, 2.24) is 0 Å². The fourth-order valence-corrected chi connectivity index (χ4v) is 10.1. The molecule has 0 bridgehead atoms. The molecule has 1 unspecified atom stereocenters. The molecular formula is C32H54Si. The lowest BCUT2D eigenvalue weighted by Gasteiger charge is -2.31. The fraction of sp³-hybridized carbons (Fsp3) is 0.688. The molecule has 0 aromatic heterocycles. The van der Waals surface area contributed by atoms with E-state index in [1.807, 2.05) is 0 Å². The summed E-state index contributed by atoms with van der Waals surface area (Å²) in [6, 6.07) is 12.9. The van der Waals surface area contributed by atoms with Crippen LogP contribution in [0.5, 0.6) is 0 Å². The highest BCUT2D eigenvalue weighted by Crippen LogP contribution is 2.34. The lowest BCUT2D eigenvalue weighted by molar-refractivity contribution is 0.531. The van der Waals surface area contributed by atoms with Gasteiger partial charge in [-0.25, -0.2) is 0 Å². The van der Waals surface area contributed by atoms with Gasteiger partial charge in [0.1, 0.15) is 8.07 Å². The number of unbranched alkanes of at least 4 members (excludes halogenated alkanes) is 15. The van der Waals surface area contributed by atoms with Crippen LogP contribution in [-0.2, 0) is 0 Å². The van der Waals surface area contributed by atoms with Gasteiger partial charge in [-0.05, 0) is 18.9 Å². The second-order valence-corrected chi connectivity index (χ2v) is 15.0. The number of allylic oxidation sites excluding steroid dienone is 4. The summed E-state index contributed by atoms with van der Waals surface area (Å²) in [6.07, 6.45) is 30.6. The van der Waals surface area contributed by atoms with Crippen LogP contribution in [0.25, 0.3) is 0 Å². The molecule has 33 heavy (non-hydrogen) atoms. The molecule has 0 fully saturated rings. The molecule has 0 aliphatic heterocycles. The molecule has 1 aliphatic carbocycles. The summed E-state index contributed by atoms with van der Waals surface area (Å²) in [7, 11) is -1.59. The van der Waals surface area contributed by atoms with E-state index in [2.05, 4.69) is 62.9 Å². The molecular weight excluding hydrogens is 412 g/mol. The van der Waals surface area contributed by atoms with E-state index in [9.17, 15) is 0 Å². The van der Waals surface area contributed by atoms with Crippen molar-refractivity contribution >= 4 is 13.3 Å². The Kier molecular flexibility index (Phi) is 14.8. The maximum Gasteiger partial charge on any atom is 0.115 e. The Morgan fingerprint density at radius 2 is 1.09 bits per heavy atom. The van der Waals surface area contributed by atoms with E-state index in [4.69, 9.17) is 0 Å². The van der Waals surface area contributed by atoms with Gasteiger partial charge in [0.05, 0.1) is 0 Å². The van der Waals surface area contributed by atoms with E-state index in [1.54, 1.807) is 16.0 Å². The van der Waals surface area contributed by atoms with Crippen LogP contribution in [0.15, 0.2) is 53.3 Å². The Morgan fingerprint density at radius 1 is 0.606 bits per heavy atom. The van der Waals surface area contributed by atoms with E-state index in [0.717, 1.165) is 6.42 Å². The minimum Gasteiger partial charge on any atom is -0.0808 e. The molecule has 0 amide bonds. The first-order valence-electron chi connectivity index (χ1n) is 14.7. The maximum atomic E-state index is 2.63. The second kappa shape index (κ2) is 17.4. The second-order valence-electron chi connectivity index (χ2n) is 10.7. The van der Waals surface area contributed by atoms with Crippen molar-refractivity contribution in [2.24, 2.45) is 0 Å². The SMILES string of the molecule is CCCCCCCCCCCCCCCCCC[Si](C)(C1=CCC=C1CC)c1ccccc1. The number of rotatable bonds is 20. The van der Waals surface area contributed by atoms with Gasteiger partial charge in [0.2, 0.25) is 0 Å². The highest BCUT2D eigenvalue weighted by Gasteiger charge is 2.35. The van der Waals surface area contributed by atoms with Crippen LogP contribution in [-0.4, -0.2) is 8.07 Å². The van der Waals surface area contributed by atoms with Gasteiger partial charge < -0.3 is 0 Å². The molecule has 0 heterocycles. The van der Waals surface area contributed by atoms with Gasteiger partial charge >= 0.3 is 0 Å². The third-order valence-electron chi connectivity index (χ3n) is 7.95. The standard InChI is InChI=1S/C32H54Si/c1-4-6-7-8-9-10-11-12-13-14-15-16-17-18-19-23-29-33(3,31-26-21-20-22-27-31)32-28-24-25-30(32)5-2/h20-22,25-28H,4-19,23-24,29H2,1-3H3. The van der Waals surface area contributed by atoms with Crippen LogP contribution in [0, 0.1) is 0 Å². The first-order valence-corrected chi connectivity index (χ1v) is 17.4. The summed E-state index contributed by atoms with van der Waals surface area (Å²) in [6.45, 7) is 7.27. The molecule has 1 aromatic rings. The third-order valence-corrected chi connectivity index (χ3v) is 12.6. The molecule has 0 radical (unpaired) electrons. The predicted octanol–water partition coefficient (Wildman–Crippen LogP) is 10.4. The highest BCUT2D eigenvalue weighted by molar-refractivity contribution is 6.97. The molecule has 0 saturated carbocycles. The Labute approximate surface area is 208 Å². The van der Waals surface area contributed by atoms with Crippen molar-refractivity contribution in [3.63, 3.8) is 0 Å². The van der Waals surface area contributed by atoms with E-state index in [1.165, 1.54) is 115 Å². The monoisotopic (exact) mass is 466 g/mol. The first-order chi connectivity index (χ1) is 16.2. The van der Waals surface area contributed by atoms with E-state index < -0.39 is 8.07 Å². The minimum atomic E-state index is -1.59. The highest BCUT2D eigenvalue weighted by atomic mass is 28.3. The Balaban J connectivity index is 1.55. The van der Waals surface area contributed by atoms with Gasteiger partial charge in [-0.2, -0.15) is 0 Å².